The summed E-state index contributed by atoms with van der Waals surface area (Å²) in [6, 6.07) is 10.5. The van der Waals surface area contributed by atoms with E-state index in [-0.39, 0.29) is 12.1 Å². The summed E-state index contributed by atoms with van der Waals surface area (Å²) in [6.07, 6.45) is 5.26. The topological polar surface area (TPSA) is 12.5 Å². The fourth-order valence-electron chi connectivity index (χ4n) is 1.57. The van der Waals surface area contributed by atoms with Crippen molar-refractivity contribution in [2.45, 2.75) is 19.1 Å². The van der Waals surface area contributed by atoms with Gasteiger partial charge >= 0.3 is 0 Å². The van der Waals surface area contributed by atoms with Crippen molar-refractivity contribution >= 4 is 0 Å². The predicted octanol–water partition coefficient (Wildman–Crippen LogP) is 2.33. The monoisotopic (exact) mass is 217 g/mol. The first-order valence-corrected chi connectivity index (χ1v) is 5.43. The van der Waals surface area contributed by atoms with Crippen LogP contribution in [0.2, 0.25) is 0 Å². The van der Waals surface area contributed by atoms with Crippen molar-refractivity contribution in [3.8, 4) is 12.3 Å². The molecule has 1 aromatic rings. The lowest BCUT2D eigenvalue weighted by Gasteiger charge is -2.29. The second kappa shape index (κ2) is 6.32. The molecule has 2 heteroatoms. The van der Waals surface area contributed by atoms with E-state index < -0.39 is 0 Å². The lowest BCUT2D eigenvalue weighted by atomic mass is 10.0. The molecular weight excluding hydrogens is 198 g/mol. The molecule has 0 N–H and O–H groups in total. The number of hydrogen-bond donors (Lipinski definition) is 0. The summed E-state index contributed by atoms with van der Waals surface area (Å²) < 4.78 is 5.72. The number of likely N-dealkylation sites (N-methyl/N-ethyl adjacent to an activating group) is 1. The van der Waals surface area contributed by atoms with Gasteiger partial charge in [0.15, 0.2) is 0 Å². The third kappa shape index (κ3) is 3.37. The molecule has 2 nitrogen and oxygen atoms in total. The first-order valence-electron chi connectivity index (χ1n) is 5.43. The third-order valence-corrected chi connectivity index (χ3v) is 2.73. The highest BCUT2D eigenvalue weighted by atomic mass is 16.5. The maximum atomic E-state index is 5.72. The van der Waals surface area contributed by atoms with Crippen LogP contribution in [0, 0.1) is 12.3 Å². The Balaban J connectivity index is 2.84. The lowest BCUT2D eigenvalue weighted by molar-refractivity contribution is 0.0208. The highest BCUT2D eigenvalue weighted by Crippen LogP contribution is 2.23. The Morgan fingerprint density at radius 3 is 2.44 bits per heavy atom. The van der Waals surface area contributed by atoms with Crippen LogP contribution in [-0.4, -0.2) is 31.6 Å². The van der Waals surface area contributed by atoms with E-state index in [9.17, 15) is 0 Å². The highest BCUT2D eigenvalue weighted by molar-refractivity contribution is 5.19. The quantitative estimate of drug-likeness (QED) is 0.702. The Bertz CT molecular complexity index is 340. The van der Waals surface area contributed by atoms with Crippen LogP contribution in [-0.2, 0) is 4.74 Å². The van der Waals surface area contributed by atoms with E-state index in [1.54, 1.807) is 0 Å². The number of benzene rings is 1. The van der Waals surface area contributed by atoms with Crippen molar-refractivity contribution in [1.29, 1.82) is 0 Å². The molecule has 0 amide bonds. The minimum absolute atomic E-state index is 0.0206. The Morgan fingerprint density at radius 1 is 1.31 bits per heavy atom. The van der Waals surface area contributed by atoms with Crippen LogP contribution in [0.3, 0.4) is 0 Å². The average Bonchev–Trinajstić information content (AvgIpc) is 2.30. The lowest BCUT2D eigenvalue weighted by Crippen LogP contribution is -2.32. The van der Waals surface area contributed by atoms with Crippen molar-refractivity contribution < 1.29 is 4.74 Å². The van der Waals surface area contributed by atoms with Crippen molar-refractivity contribution in [2.24, 2.45) is 0 Å². The van der Waals surface area contributed by atoms with E-state index in [2.05, 4.69) is 29.9 Å². The van der Waals surface area contributed by atoms with Crippen LogP contribution in [0.5, 0.6) is 0 Å². The number of terminal acetylenes is 1. The molecule has 0 unspecified atom stereocenters. The van der Waals surface area contributed by atoms with Gasteiger partial charge in [-0.25, -0.2) is 0 Å². The van der Waals surface area contributed by atoms with Gasteiger partial charge in [0.05, 0.1) is 6.10 Å². The number of rotatable bonds is 5. The summed E-state index contributed by atoms with van der Waals surface area (Å²) in [5, 5.41) is 0. The summed E-state index contributed by atoms with van der Waals surface area (Å²) in [5.41, 5.74) is 1.17. The SMILES string of the molecule is C#CCO[C@H](c1ccccc1)[C@@H](C)N(C)C. The van der Waals surface area contributed by atoms with Crippen LogP contribution in [0.25, 0.3) is 0 Å². The molecule has 0 spiro atoms. The van der Waals surface area contributed by atoms with Gasteiger partial charge in [0.25, 0.3) is 0 Å². The van der Waals surface area contributed by atoms with Gasteiger partial charge in [-0.05, 0) is 26.6 Å². The molecule has 0 aliphatic carbocycles. The minimum atomic E-state index is 0.0206. The largest absolute Gasteiger partial charge is 0.359 e. The summed E-state index contributed by atoms with van der Waals surface area (Å²) in [7, 11) is 4.08. The average molecular weight is 217 g/mol. The molecule has 0 aliphatic heterocycles. The van der Waals surface area contributed by atoms with E-state index in [0.29, 0.717) is 6.61 Å². The Labute approximate surface area is 98.2 Å². The summed E-state index contributed by atoms with van der Waals surface area (Å²) >= 11 is 0. The molecule has 0 heterocycles. The zero-order chi connectivity index (χ0) is 12.0. The van der Waals surface area contributed by atoms with Crippen LogP contribution in [0.15, 0.2) is 30.3 Å². The number of hydrogen-bond acceptors (Lipinski definition) is 2. The Morgan fingerprint density at radius 2 is 1.94 bits per heavy atom. The van der Waals surface area contributed by atoms with Crippen LogP contribution < -0.4 is 0 Å². The Kier molecular flexibility index (Phi) is 5.04. The van der Waals surface area contributed by atoms with Crippen molar-refractivity contribution in [2.75, 3.05) is 20.7 Å². The molecule has 2 atom stereocenters. The first kappa shape index (κ1) is 12.8. The molecule has 16 heavy (non-hydrogen) atoms. The molecular formula is C14H19NO. The predicted molar refractivity (Wildman–Crippen MR) is 67.1 cm³/mol. The maximum Gasteiger partial charge on any atom is 0.108 e. The standard InChI is InChI=1S/C14H19NO/c1-5-11-16-14(12(2)15(3)4)13-9-7-6-8-10-13/h1,6-10,12,14H,11H2,2-4H3/t12-,14+/m1/s1. The number of nitrogens with zero attached hydrogens (tertiary/aromatic N) is 1. The van der Waals surface area contributed by atoms with E-state index in [4.69, 9.17) is 11.2 Å². The van der Waals surface area contributed by atoms with Gasteiger partial charge in [0, 0.05) is 6.04 Å². The smallest absolute Gasteiger partial charge is 0.108 e. The molecule has 1 aromatic carbocycles. The Hall–Kier alpha value is -1.30. The van der Waals surface area contributed by atoms with E-state index in [1.165, 1.54) is 5.56 Å². The van der Waals surface area contributed by atoms with Crippen LogP contribution in [0.1, 0.15) is 18.6 Å². The molecule has 0 radical (unpaired) electrons. The fraction of sp³-hybridized carbons (Fsp3) is 0.429. The van der Waals surface area contributed by atoms with Gasteiger partial charge in [-0.1, -0.05) is 36.3 Å². The van der Waals surface area contributed by atoms with E-state index in [0.717, 1.165) is 0 Å². The zero-order valence-electron chi connectivity index (χ0n) is 10.2. The van der Waals surface area contributed by atoms with Gasteiger partial charge in [0.1, 0.15) is 6.61 Å². The molecule has 0 aromatic heterocycles. The fourth-order valence-corrected chi connectivity index (χ4v) is 1.57. The van der Waals surface area contributed by atoms with E-state index >= 15 is 0 Å². The molecule has 0 fully saturated rings. The normalized spacial score (nSPS) is 14.4. The summed E-state index contributed by atoms with van der Waals surface area (Å²) in [6.45, 7) is 2.48. The van der Waals surface area contributed by atoms with Crippen molar-refractivity contribution in [3.63, 3.8) is 0 Å². The van der Waals surface area contributed by atoms with Gasteiger partial charge in [0.2, 0.25) is 0 Å². The maximum absolute atomic E-state index is 5.72. The van der Waals surface area contributed by atoms with Crippen LogP contribution >= 0.6 is 0 Å². The number of ether oxygens (including phenoxy) is 1. The summed E-state index contributed by atoms with van der Waals surface area (Å²) in [5.74, 6) is 2.52. The van der Waals surface area contributed by atoms with Gasteiger partial charge in [-0.3, -0.25) is 0 Å². The molecule has 1 rings (SSSR count). The second-order valence-corrected chi connectivity index (χ2v) is 4.05. The van der Waals surface area contributed by atoms with Crippen LogP contribution in [0.4, 0.5) is 0 Å². The van der Waals surface area contributed by atoms with Gasteiger partial charge in [-0.2, -0.15) is 0 Å². The molecule has 0 saturated carbocycles. The summed E-state index contributed by atoms with van der Waals surface area (Å²) in [4.78, 5) is 2.13. The molecule has 86 valence electrons. The highest BCUT2D eigenvalue weighted by Gasteiger charge is 2.21. The van der Waals surface area contributed by atoms with Gasteiger partial charge < -0.3 is 9.64 Å². The third-order valence-electron chi connectivity index (χ3n) is 2.73. The van der Waals surface area contributed by atoms with E-state index in [1.807, 2.05) is 32.3 Å². The molecule has 0 saturated heterocycles. The molecule has 0 aliphatic rings. The second-order valence-electron chi connectivity index (χ2n) is 4.05. The first-order chi connectivity index (χ1) is 7.66. The zero-order valence-corrected chi connectivity index (χ0v) is 10.2. The van der Waals surface area contributed by atoms with Gasteiger partial charge in [-0.15, -0.1) is 6.42 Å². The van der Waals surface area contributed by atoms with Crippen molar-refractivity contribution in [3.05, 3.63) is 35.9 Å². The van der Waals surface area contributed by atoms with Crippen molar-refractivity contribution in [1.82, 2.24) is 4.90 Å². The molecule has 0 bridgehead atoms. The minimum Gasteiger partial charge on any atom is -0.359 e.